The van der Waals surface area contributed by atoms with Crippen molar-refractivity contribution in [2.45, 2.75) is 33.7 Å². The zero-order valence-electron chi connectivity index (χ0n) is 15.2. The quantitative estimate of drug-likeness (QED) is 0.521. The second-order valence-corrected chi connectivity index (χ2v) is 6.90. The Morgan fingerprint density at radius 1 is 1.32 bits per heavy atom. The number of benzene rings is 1. The molecule has 25 heavy (non-hydrogen) atoms. The van der Waals surface area contributed by atoms with Gasteiger partial charge in [0.25, 0.3) is 0 Å². The normalized spacial score (nSPS) is 11.4. The first kappa shape index (κ1) is 19.1. The number of aliphatic imine (C=N–C) groups is 1. The predicted molar refractivity (Wildman–Crippen MR) is 103 cm³/mol. The van der Waals surface area contributed by atoms with Gasteiger partial charge in [-0.3, -0.25) is 0 Å². The van der Waals surface area contributed by atoms with Gasteiger partial charge in [-0.2, -0.15) is 0 Å². The van der Waals surface area contributed by atoms with Gasteiger partial charge in [-0.25, -0.2) is 9.98 Å². The van der Waals surface area contributed by atoms with Crippen molar-refractivity contribution >= 4 is 17.3 Å². The monoisotopic (exact) mass is 362 g/mol. The first-order chi connectivity index (χ1) is 12.0. The molecular weight excluding hydrogens is 336 g/mol. The van der Waals surface area contributed by atoms with Crippen LogP contribution in [0, 0.1) is 13.8 Å². The van der Waals surface area contributed by atoms with Crippen molar-refractivity contribution in [3.63, 3.8) is 0 Å². The molecule has 0 aliphatic carbocycles. The Kier molecular flexibility index (Phi) is 7.06. The van der Waals surface area contributed by atoms with Crippen LogP contribution in [-0.4, -0.2) is 36.2 Å². The third-order valence-electron chi connectivity index (χ3n) is 3.77. The van der Waals surface area contributed by atoms with Gasteiger partial charge in [0.1, 0.15) is 16.5 Å². The first-order valence-electron chi connectivity index (χ1n) is 8.34. The maximum atomic E-state index is 10.0. The highest BCUT2D eigenvalue weighted by Gasteiger charge is 2.06. The van der Waals surface area contributed by atoms with Crippen LogP contribution in [0.2, 0.25) is 0 Å². The molecule has 6 nitrogen and oxygen atoms in total. The van der Waals surface area contributed by atoms with E-state index in [1.807, 2.05) is 26.0 Å². The van der Waals surface area contributed by atoms with Crippen LogP contribution in [0.4, 0.5) is 0 Å². The molecule has 0 bridgehead atoms. The Bertz CT molecular complexity index is 708. The first-order valence-corrected chi connectivity index (χ1v) is 9.16. The smallest absolute Gasteiger partial charge is 0.191 e. The van der Waals surface area contributed by atoms with Crippen LogP contribution in [0.3, 0.4) is 0 Å². The van der Waals surface area contributed by atoms with E-state index in [1.54, 1.807) is 24.5 Å². The van der Waals surface area contributed by atoms with Gasteiger partial charge in [-0.15, -0.1) is 11.3 Å². The Morgan fingerprint density at radius 3 is 2.72 bits per heavy atom. The molecule has 0 amide bonds. The highest BCUT2D eigenvalue weighted by atomic mass is 32.1. The van der Waals surface area contributed by atoms with E-state index in [-0.39, 0.29) is 5.75 Å². The minimum atomic E-state index is 0.247. The van der Waals surface area contributed by atoms with Crippen molar-refractivity contribution in [1.29, 1.82) is 0 Å². The molecule has 1 aromatic carbocycles. The van der Waals surface area contributed by atoms with Gasteiger partial charge in [0, 0.05) is 24.0 Å². The molecule has 2 rings (SSSR count). The third kappa shape index (κ3) is 5.63. The van der Waals surface area contributed by atoms with Crippen molar-refractivity contribution in [3.8, 4) is 11.5 Å². The third-order valence-corrected chi connectivity index (χ3v) is 4.83. The molecule has 136 valence electrons. The highest BCUT2D eigenvalue weighted by Crippen LogP contribution is 2.23. The highest BCUT2D eigenvalue weighted by molar-refractivity contribution is 7.11. The molecule has 2 aromatic rings. The largest absolute Gasteiger partial charge is 0.508 e. The van der Waals surface area contributed by atoms with Crippen molar-refractivity contribution in [1.82, 2.24) is 15.6 Å². The van der Waals surface area contributed by atoms with Crippen molar-refractivity contribution in [2.24, 2.45) is 4.99 Å². The van der Waals surface area contributed by atoms with Crippen molar-refractivity contribution in [2.75, 3.05) is 20.2 Å². The second kappa shape index (κ2) is 9.27. The van der Waals surface area contributed by atoms with E-state index >= 15 is 0 Å². The SMILES string of the molecule is CCNC(=NCc1nc(C)c(C)s1)NCCc1ccc(OC)cc1O. The summed E-state index contributed by atoms with van der Waals surface area (Å²) < 4.78 is 5.10. The number of guanidine groups is 1. The standard InChI is InChI=1S/C18H26N4O2S/c1-5-19-18(21-11-17-22-12(2)13(3)25-17)20-9-8-14-6-7-15(24-4)10-16(14)23/h6-7,10,23H,5,8-9,11H2,1-4H3,(H2,19,20,21). The van der Waals surface area contributed by atoms with E-state index in [0.717, 1.165) is 28.8 Å². The summed E-state index contributed by atoms with van der Waals surface area (Å²) in [7, 11) is 1.58. The fourth-order valence-electron chi connectivity index (χ4n) is 2.29. The van der Waals surface area contributed by atoms with E-state index in [4.69, 9.17) is 4.74 Å². The Balaban J connectivity index is 1.91. The lowest BCUT2D eigenvalue weighted by Crippen LogP contribution is -2.38. The fraction of sp³-hybridized carbons (Fsp3) is 0.444. The van der Waals surface area contributed by atoms with Crippen LogP contribution in [0.15, 0.2) is 23.2 Å². The van der Waals surface area contributed by atoms with Crippen molar-refractivity contribution in [3.05, 3.63) is 39.3 Å². The van der Waals surface area contributed by atoms with Gasteiger partial charge in [-0.1, -0.05) is 6.07 Å². The average molecular weight is 362 g/mol. The summed E-state index contributed by atoms with van der Waals surface area (Å²) in [6.45, 7) is 8.14. The lowest BCUT2D eigenvalue weighted by Gasteiger charge is -2.12. The number of phenols is 1. The minimum Gasteiger partial charge on any atom is -0.508 e. The van der Waals surface area contributed by atoms with Gasteiger partial charge in [0.15, 0.2) is 5.96 Å². The lowest BCUT2D eigenvalue weighted by molar-refractivity contribution is 0.406. The summed E-state index contributed by atoms with van der Waals surface area (Å²) in [4.78, 5) is 10.3. The van der Waals surface area contributed by atoms with Crippen LogP contribution in [-0.2, 0) is 13.0 Å². The van der Waals surface area contributed by atoms with Crippen LogP contribution in [0.5, 0.6) is 11.5 Å². The molecule has 1 aromatic heterocycles. The van der Waals surface area contributed by atoms with Crippen LogP contribution < -0.4 is 15.4 Å². The Hall–Kier alpha value is -2.28. The number of methoxy groups -OCH3 is 1. The predicted octanol–water partition coefficient (Wildman–Crippen LogP) is 2.77. The molecule has 0 radical (unpaired) electrons. The summed E-state index contributed by atoms with van der Waals surface area (Å²) in [6.07, 6.45) is 0.690. The summed E-state index contributed by atoms with van der Waals surface area (Å²) in [5.74, 6) is 1.65. The molecule has 7 heteroatoms. The van der Waals surface area contributed by atoms with Gasteiger partial charge in [0.05, 0.1) is 19.3 Å². The second-order valence-electron chi connectivity index (χ2n) is 5.62. The Labute approximate surface area is 153 Å². The summed E-state index contributed by atoms with van der Waals surface area (Å²) in [6, 6.07) is 5.35. The lowest BCUT2D eigenvalue weighted by atomic mass is 10.1. The van der Waals surface area contributed by atoms with Crippen LogP contribution >= 0.6 is 11.3 Å². The Morgan fingerprint density at radius 2 is 2.12 bits per heavy atom. The molecule has 0 aliphatic heterocycles. The van der Waals surface area contributed by atoms with E-state index in [1.165, 1.54) is 4.88 Å². The maximum Gasteiger partial charge on any atom is 0.191 e. The molecule has 0 fully saturated rings. The van der Waals surface area contributed by atoms with Gasteiger partial charge in [-0.05, 0) is 38.8 Å². The van der Waals surface area contributed by atoms with E-state index < -0.39 is 0 Å². The number of hydrogen-bond donors (Lipinski definition) is 3. The average Bonchev–Trinajstić information content (AvgIpc) is 2.92. The maximum absolute atomic E-state index is 10.0. The number of aromatic hydroxyl groups is 1. The number of rotatable bonds is 7. The molecule has 0 saturated heterocycles. The fourth-order valence-corrected chi connectivity index (χ4v) is 3.15. The van der Waals surface area contributed by atoms with E-state index in [9.17, 15) is 5.11 Å². The summed E-state index contributed by atoms with van der Waals surface area (Å²) in [5.41, 5.74) is 1.94. The van der Waals surface area contributed by atoms with Crippen LogP contribution in [0.25, 0.3) is 0 Å². The molecule has 0 spiro atoms. The zero-order valence-corrected chi connectivity index (χ0v) is 16.0. The molecule has 0 atom stereocenters. The molecular formula is C18H26N4O2S. The van der Waals surface area contributed by atoms with Crippen molar-refractivity contribution < 1.29 is 9.84 Å². The number of phenolic OH excluding ortho intramolecular Hbond substituents is 1. The number of ether oxygens (including phenoxy) is 1. The van der Waals surface area contributed by atoms with E-state index in [0.29, 0.717) is 25.3 Å². The molecule has 0 aliphatic rings. The number of aromatic nitrogens is 1. The zero-order chi connectivity index (χ0) is 18.2. The number of thiazole rings is 1. The molecule has 0 unspecified atom stereocenters. The van der Waals surface area contributed by atoms with Crippen LogP contribution in [0.1, 0.15) is 28.1 Å². The topological polar surface area (TPSA) is 78.8 Å². The number of hydrogen-bond acceptors (Lipinski definition) is 5. The summed E-state index contributed by atoms with van der Waals surface area (Å²) in [5, 5.41) is 17.5. The number of aryl methyl sites for hydroxylation is 2. The number of nitrogens with one attached hydrogen (secondary N) is 2. The molecule has 3 N–H and O–H groups in total. The van der Waals surface area contributed by atoms with E-state index in [2.05, 4.69) is 27.5 Å². The van der Waals surface area contributed by atoms with Gasteiger partial charge < -0.3 is 20.5 Å². The minimum absolute atomic E-state index is 0.247. The molecule has 1 heterocycles. The number of nitrogens with zero attached hydrogens (tertiary/aromatic N) is 2. The van der Waals surface area contributed by atoms with Gasteiger partial charge >= 0.3 is 0 Å². The summed E-state index contributed by atoms with van der Waals surface area (Å²) >= 11 is 1.68. The van der Waals surface area contributed by atoms with Gasteiger partial charge in [0.2, 0.25) is 0 Å². The molecule has 0 saturated carbocycles.